The Balaban J connectivity index is 1.67. The molecule has 0 saturated carbocycles. The van der Waals surface area contributed by atoms with Crippen molar-refractivity contribution in [2.45, 2.75) is 31.8 Å². The van der Waals surface area contributed by atoms with Crippen molar-refractivity contribution < 1.29 is 17.6 Å². The van der Waals surface area contributed by atoms with Gasteiger partial charge in [0.15, 0.2) is 0 Å². The number of carbonyl (C=O) groups excluding carboxylic acids is 1. The van der Waals surface area contributed by atoms with E-state index in [0.29, 0.717) is 25.2 Å². The minimum absolute atomic E-state index is 0.208. The Morgan fingerprint density at radius 1 is 1.31 bits per heavy atom. The number of nitrogens with one attached hydrogen (secondary N) is 1. The van der Waals surface area contributed by atoms with Crippen LogP contribution in [0.3, 0.4) is 0 Å². The predicted molar refractivity (Wildman–Crippen MR) is 104 cm³/mol. The van der Waals surface area contributed by atoms with Crippen LogP contribution >= 0.6 is 0 Å². The van der Waals surface area contributed by atoms with Crippen LogP contribution in [0.25, 0.3) is 0 Å². The lowest BCUT2D eigenvalue weighted by atomic mass is 9.99. The van der Waals surface area contributed by atoms with E-state index in [-0.39, 0.29) is 31.4 Å². The molecule has 1 unspecified atom stereocenters. The summed E-state index contributed by atoms with van der Waals surface area (Å²) < 4.78 is 40.4. The van der Waals surface area contributed by atoms with Crippen LogP contribution in [-0.2, 0) is 35.0 Å². The van der Waals surface area contributed by atoms with E-state index in [1.807, 2.05) is 0 Å². The minimum Gasteiger partial charge on any atom is -0.350 e. The third-order valence-electron chi connectivity index (χ3n) is 4.99. The molecule has 29 heavy (non-hydrogen) atoms. The van der Waals surface area contributed by atoms with Crippen LogP contribution in [0.2, 0.25) is 0 Å². The second-order valence-corrected chi connectivity index (χ2v) is 9.20. The first kappa shape index (κ1) is 21.2. The van der Waals surface area contributed by atoms with Crippen molar-refractivity contribution in [2.24, 2.45) is 7.05 Å². The van der Waals surface area contributed by atoms with E-state index in [9.17, 15) is 22.4 Å². The number of sulfonamides is 1. The monoisotopic (exact) mass is 425 g/mol. The number of hydrogen-bond donors (Lipinski definition) is 1. The molecule has 11 heteroatoms. The van der Waals surface area contributed by atoms with Gasteiger partial charge in [0.05, 0.1) is 6.26 Å². The summed E-state index contributed by atoms with van der Waals surface area (Å²) >= 11 is 0. The van der Waals surface area contributed by atoms with E-state index in [1.165, 1.54) is 27.3 Å². The van der Waals surface area contributed by atoms with Gasteiger partial charge in [-0.2, -0.15) is 5.10 Å². The van der Waals surface area contributed by atoms with Gasteiger partial charge in [0.2, 0.25) is 15.9 Å². The number of piperidine rings is 1. The first-order chi connectivity index (χ1) is 13.6. The maximum absolute atomic E-state index is 12.9. The number of halogens is 1. The van der Waals surface area contributed by atoms with Gasteiger partial charge in [-0.25, -0.2) is 26.6 Å². The average molecular weight is 425 g/mol. The quantitative estimate of drug-likeness (QED) is 0.711. The zero-order chi connectivity index (χ0) is 21.2. The van der Waals surface area contributed by atoms with E-state index in [1.54, 1.807) is 19.2 Å². The Bertz CT molecular complexity index is 1050. The standard InChI is InChI=1S/C18H24FN5O4S/c1-22-17(14-4-3-9-23(11-14)29(2,27)28)21-24(18(22)26)12-16(25)20-10-13-5-7-15(19)8-6-13/h5-8,14H,3-4,9-12H2,1-2H3,(H,20,25). The van der Waals surface area contributed by atoms with Crippen LogP contribution in [0.15, 0.2) is 29.1 Å². The Morgan fingerprint density at radius 2 is 2.00 bits per heavy atom. The van der Waals surface area contributed by atoms with Crippen molar-refractivity contribution in [3.05, 3.63) is 52.0 Å². The molecule has 1 atom stereocenters. The van der Waals surface area contributed by atoms with Crippen molar-refractivity contribution >= 4 is 15.9 Å². The fraction of sp³-hybridized carbons (Fsp3) is 0.500. The Kier molecular flexibility index (Phi) is 6.18. The van der Waals surface area contributed by atoms with Crippen molar-refractivity contribution in [3.8, 4) is 0 Å². The van der Waals surface area contributed by atoms with Crippen LogP contribution in [0.1, 0.15) is 30.1 Å². The third-order valence-corrected chi connectivity index (χ3v) is 6.26. The molecule has 9 nitrogen and oxygen atoms in total. The normalized spacial score (nSPS) is 18.0. The molecule has 0 aliphatic carbocycles. The molecular formula is C18H24FN5O4S. The topological polar surface area (TPSA) is 106 Å². The second-order valence-electron chi connectivity index (χ2n) is 7.22. The summed E-state index contributed by atoms with van der Waals surface area (Å²) in [5, 5.41) is 6.96. The second kappa shape index (κ2) is 8.46. The molecule has 1 fully saturated rings. The summed E-state index contributed by atoms with van der Waals surface area (Å²) in [7, 11) is -1.75. The first-order valence-electron chi connectivity index (χ1n) is 9.25. The van der Waals surface area contributed by atoms with Gasteiger partial charge in [-0.15, -0.1) is 0 Å². The maximum Gasteiger partial charge on any atom is 0.346 e. The number of amides is 1. The first-order valence-corrected chi connectivity index (χ1v) is 11.1. The maximum atomic E-state index is 12.9. The average Bonchev–Trinajstić information content (AvgIpc) is 2.95. The van der Waals surface area contributed by atoms with E-state index in [0.717, 1.165) is 10.2 Å². The van der Waals surface area contributed by atoms with Crippen molar-refractivity contribution in [3.63, 3.8) is 0 Å². The molecule has 0 bridgehead atoms. The number of nitrogens with zero attached hydrogens (tertiary/aromatic N) is 4. The third kappa shape index (κ3) is 5.10. The number of aromatic nitrogens is 3. The molecule has 1 aliphatic heterocycles. The van der Waals surface area contributed by atoms with Gasteiger partial charge in [-0.3, -0.25) is 9.36 Å². The van der Waals surface area contributed by atoms with Gasteiger partial charge in [0.25, 0.3) is 0 Å². The summed E-state index contributed by atoms with van der Waals surface area (Å²) in [5.74, 6) is -0.498. The smallest absolute Gasteiger partial charge is 0.346 e. The van der Waals surface area contributed by atoms with Gasteiger partial charge in [0.1, 0.15) is 18.2 Å². The zero-order valence-electron chi connectivity index (χ0n) is 16.3. The number of carbonyl (C=O) groups is 1. The van der Waals surface area contributed by atoms with E-state index >= 15 is 0 Å². The highest BCUT2D eigenvalue weighted by molar-refractivity contribution is 7.88. The molecule has 1 saturated heterocycles. The highest BCUT2D eigenvalue weighted by Gasteiger charge is 2.30. The molecule has 3 rings (SSSR count). The van der Waals surface area contributed by atoms with Gasteiger partial charge in [-0.1, -0.05) is 12.1 Å². The van der Waals surface area contributed by atoms with Crippen LogP contribution in [-0.4, -0.2) is 52.3 Å². The minimum atomic E-state index is -3.31. The number of rotatable bonds is 6. The Morgan fingerprint density at radius 3 is 2.66 bits per heavy atom. The fourth-order valence-electron chi connectivity index (χ4n) is 3.41. The van der Waals surface area contributed by atoms with Crippen LogP contribution in [0, 0.1) is 5.82 Å². The van der Waals surface area contributed by atoms with Gasteiger partial charge < -0.3 is 5.32 Å². The molecule has 1 aliphatic rings. The van der Waals surface area contributed by atoms with Gasteiger partial charge in [0, 0.05) is 32.6 Å². The predicted octanol–water partition coefficient (Wildman–Crippen LogP) is 0.176. The highest BCUT2D eigenvalue weighted by Crippen LogP contribution is 2.26. The summed E-state index contributed by atoms with van der Waals surface area (Å²) in [6, 6.07) is 5.75. The summed E-state index contributed by atoms with van der Waals surface area (Å²) in [6.45, 7) is 0.672. The largest absolute Gasteiger partial charge is 0.350 e. The van der Waals surface area contributed by atoms with E-state index in [2.05, 4.69) is 10.4 Å². The van der Waals surface area contributed by atoms with E-state index < -0.39 is 21.6 Å². The van der Waals surface area contributed by atoms with Crippen LogP contribution in [0.5, 0.6) is 0 Å². The highest BCUT2D eigenvalue weighted by atomic mass is 32.2. The molecule has 1 N–H and O–H groups in total. The summed E-state index contributed by atoms with van der Waals surface area (Å²) in [5.41, 5.74) is 0.297. The molecule has 0 radical (unpaired) electrons. The van der Waals surface area contributed by atoms with Crippen molar-refractivity contribution in [1.82, 2.24) is 24.0 Å². The fourth-order valence-corrected chi connectivity index (χ4v) is 4.32. The summed E-state index contributed by atoms with van der Waals surface area (Å²) in [6.07, 6.45) is 2.56. The Hall–Kier alpha value is -2.53. The molecular weight excluding hydrogens is 401 g/mol. The number of benzene rings is 1. The molecule has 0 spiro atoms. The van der Waals surface area contributed by atoms with Crippen LogP contribution < -0.4 is 11.0 Å². The Labute approximate surface area is 168 Å². The van der Waals surface area contributed by atoms with Gasteiger partial charge >= 0.3 is 5.69 Å². The number of hydrogen-bond acceptors (Lipinski definition) is 5. The van der Waals surface area contributed by atoms with Crippen LogP contribution in [0.4, 0.5) is 4.39 Å². The molecule has 2 heterocycles. The summed E-state index contributed by atoms with van der Waals surface area (Å²) in [4.78, 5) is 24.7. The van der Waals surface area contributed by atoms with E-state index in [4.69, 9.17) is 0 Å². The zero-order valence-corrected chi connectivity index (χ0v) is 17.2. The lowest BCUT2D eigenvalue weighted by Crippen LogP contribution is -2.39. The molecule has 1 aromatic carbocycles. The lowest BCUT2D eigenvalue weighted by Gasteiger charge is -2.30. The van der Waals surface area contributed by atoms with Crippen molar-refractivity contribution in [1.29, 1.82) is 0 Å². The molecule has 1 aromatic heterocycles. The SMILES string of the molecule is Cn1c(C2CCCN(S(C)(=O)=O)C2)nn(CC(=O)NCc2ccc(F)cc2)c1=O. The molecule has 1 amide bonds. The molecule has 158 valence electrons. The van der Waals surface area contributed by atoms with Crippen molar-refractivity contribution in [2.75, 3.05) is 19.3 Å². The molecule has 2 aromatic rings. The van der Waals surface area contributed by atoms with Gasteiger partial charge in [-0.05, 0) is 30.5 Å². The lowest BCUT2D eigenvalue weighted by molar-refractivity contribution is -0.122.